The number of Topliss-reactive ketones (excluding diaryl/α,β-unsaturated/α-hetero) is 2. The lowest BCUT2D eigenvalue weighted by Gasteiger charge is -2.25. The SMILES string of the molecule is CCN1CCOC1=C1C(=O)CC(c2cccc(C)c2)CC1=O. The van der Waals surface area contributed by atoms with Crippen LogP contribution in [0.1, 0.15) is 36.8 Å². The van der Waals surface area contributed by atoms with E-state index < -0.39 is 0 Å². The van der Waals surface area contributed by atoms with Crippen LogP contribution in [0.5, 0.6) is 0 Å². The zero-order chi connectivity index (χ0) is 15.7. The van der Waals surface area contributed by atoms with Gasteiger partial charge in [0, 0.05) is 19.4 Å². The number of nitrogens with zero attached hydrogens (tertiary/aromatic N) is 1. The number of rotatable bonds is 2. The first-order valence-corrected chi connectivity index (χ1v) is 7.85. The average Bonchev–Trinajstić information content (AvgIpc) is 2.94. The first kappa shape index (κ1) is 14.8. The molecule has 1 aromatic carbocycles. The summed E-state index contributed by atoms with van der Waals surface area (Å²) in [5.41, 5.74) is 2.51. The van der Waals surface area contributed by atoms with E-state index >= 15 is 0 Å². The molecule has 0 bridgehead atoms. The minimum absolute atomic E-state index is 0.0132. The van der Waals surface area contributed by atoms with Crippen molar-refractivity contribution in [2.24, 2.45) is 0 Å². The van der Waals surface area contributed by atoms with E-state index in [4.69, 9.17) is 4.74 Å². The summed E-state index contributed by atoms with van der Waals surface area (Å²) in [5.74, 6) is 0.317. The molecule has 0 spiro atoms. The van der Waals surface area contributed by atoms with Crippen molar-refractivity contribution in [2.75, 3.05) is 19.7 Å². The summed E-state index contributed by atoms with van der Waals surface area (Å²) in [5, 5.41) is 0. The molecule has 4 heteroatoms. The second-order valence-electron chi connectivity index (χ2n) is 5.97. The van der Waals surface area contributed by atoms with Crippen LogP contribution in [0.25, 0.3) is 0 Å². The van der Waals surface area contributed by atoms with Crippen LogP contribution in [0.3, 0.4) is 0 Å². The molecule has 1 saturated heterocycles. The number of ether oxygens (including phenoxy) is 1. The molecular formula is C18H21NO3. The molecule has 1 heterocycles. The minimum atomic E-state index is -0.0851. The van der Waals surface area contributed by atoms with E-state index in [-0.39, 0.29) is 23.1 Å². The van der Waals surface area contributed by atoms with Gasteiger partial charge in [0.2, 0.25) is 5.88 Å². The smallest absolute Gasteiger partial charge is 0.204 e. The first-order chi connectivity index (χ1) is 10.6. The van der Waals surface area contributed by atoms with Crippen LogP contribution in [0.4, 0.5) is 0 Å². The number of likely N-dealkylation sites (N-methyl/N-ethyl adjacent to an activating group) is 1. The van der Waals surface area contributed by atoms with Crippen LogP contribution >= 0.6 is 0 Å². The van der Waals surface area contributed by atoms with Gasteiger partial charge in [0.15, 0.2) is 11.6 Å². The van der Waals surface area contributed by atoms with Gasteiger partial charge in [-0.25, -0.2) is 0 Å². The molecule has 1 aromatic rings. The number of carbonyl (C=O) groups excluding carboxylic acids is 2. The summed E-state index contributed by atoms with van der Waals surface area (Å²) in [6.07, 6.45) is 0.768. The Bertz CT molecular complexity index is 627. The van der Waals surface area contributed by atoms with Crippen LogP contribution < -0.4 is 0 Å². The molecule has 0 N–H and O–H groups in total. The Labute approximate surface area is 130 Å². The molecule has 0 aromatic heterocycles. The Morgan fingerprint density at radius 3 is 2.59 bits per heavy atom. The topological polar surface area (TPSA) is 46.6 Å². The maximum atomic E-state index is 12.5. The van der Waals surface area contributed by atoms with Crippen LogP contribution in [-0.4, -0.2) is 36.2 Å². The Morgan fingerprint density at radius 2 is 1.95 bits per heavy atom. The predicted molar refractivity (Wildman–Crippen MR) is 83.4 cm³/mol. The number of benzene rings is 1. The number of hydrogen-bond acceptors (Lipinski definition) is 4. The first-order valence-electron chi connectivity index (χ1n) is 7.85. The van der Waals surface area contributed by atoms with Crippen molar-refractivity contribution in [3.8, 4) is 0 Å². The maximum absolute atomic E-state index is 12.5. The van der Waals surface area contributed by atoms with Crippen LogP contribution in [-0.2, 0) is 14.3 Å². The fourth-order valence-corrected chi connectivity index (χ4v) is 3.26. The van der Waals surface area contributed by atoms with E-state index in [1.807, 2.05) is 36.9 Å². The maximum Gasteiger partial charge on any atom is 0.204 e. The van der Waals surface area contributed by atoms with Crippen LogP contribution in [0.15, 0.2) is 35.7 Å². The van der Waals surface area contributed by atoms with Gasteiger partial charge < -0.3 is 9.64 Å². The number of carbonyl (C=O) groups is 2. The molecule has 116 valence electrons. The Hall–Kier alpha value is -2.10. The Balaban J connectivity index is 1.88. The minimum Gasteiger partial charge on any atom is -0.477 e. The quantitative estimate of drug-likeness (QED) is 0.622. The molecule has 22 heavy (non-hydrogen) atoms. The van der Waals surface area contributed by atoms with Gasteiger partial charge in [0.1, 0.15) is 12.2 Å². The third-order valence-electron chi connectivity index (χ3n) is 4.42. The monoisotopic (exact) mass is 299 g/mol. The van der Waals surface area contributed by atoms with Crippen molar-refractivity contribution in [3.05, 3.63) is 46.8 Å². The number of aryl methyl sites for hydroxylation is 1. The summed E-state index contributed by atoms with van der Waals surface area (Å²) in [6, 6.07) is 8.07. The predicted octanol–water partition coefficient (Wildman–Crippen LogP) is 2.57. The van der Waals surface area contributed by atoms with E-state index in [0.29, 0.717) is 25.3 Å². The molecule has 4 nitrogen and oxygen atoms in total. The summed E-state index contributed by atoms with van der Waals surface area (Å²) < 4.78 is 5.56. The molecule has 0 amide bonds. The molecule has 0 unspecified atom stereocenters. The molecule has 3 rings (SSSR count). The molecule has 1 aliphatic carbocycles. The molecule has 0 radical (unpaired) electrons. The molecular weight excluding hydrogens is 278 g/mol. The van der Waals surface area contributed by atoms with Gasteiger partial charge in [-0.1, -0.05) is 29.8 Å². The van der Waals surface area contributed by atoms with Gasteiger partial charge in [0.25, 0.3) is 0 Å². The largest absolute Gasteiger partial charge is 0.477 e. The summed E-state index contributed by atoms with van der Waals surface area (Å²) in [7, 11) is 0. The average molecular weight is 299 g/mol. The normalized spacial score (nSPS) is 22.3. The van der Waals surface area contributed by atoms with Crippen molar-refractivity contribution in [3.63, 3.8) is 0 Å². The lowest BCUT2D eigenvalue weighted by molar-refractivity contribution is -0.124. The number of allylic oxidation sites excluding steroid dienone is 1. The van der Waals surface area contributed by atoms with Crippen molar-refractivity contribution in [2.45, 2.75) is 32.6 Å². The third kappa shape index (κ3) is 2.65. The van der Waals surface area contributed by atoms with E-state index in [1.54, 1.807) is 0 Å². The van der Waals surface area contributed by atoms with Crippen molar-refractivity contribution in [1.82, 2.24) is 4.90 Å². The van der Waals surface area contributed by atoms with Crippen molar-refractivity contribution >= 4 is 11.6 Å². The summed E-state index contributed by atoms with van der Waals surface area (Å²) >= 11 is 0. The highest BCUT2D eigenvalue weighted by Crippen LogP contribution is 2.34. The molecule has 1 saturated carbocycles. The molecule has 2 aliphatic rings. The lowest BCUT2D eigenvalue weighted by atomic mass is 9.79. The van der Waals surface area contributed by atoms with Gasteiger partial charge >= 0.3 is 0 Å². The second-order valence-corrected chi connectivity index (χ2v) is 5.97. The lowest BCUT2D eigenvalue weighted by Crippen LogP contribution is -2.30. The van der Waals surface area contributed by atoms with E-state index in [2.05, 4.69) is 6.07 Å². The fourth-order valence-electron chi connectivity index (χ4n) is 3.26. The van der Waals surface area contributed by atoms with E-state index in [0.717, 1.165) is 24.2 Å². The van der Waals surface area contributed by atoms with Gasteiger partial charge in [-0.2, -0.15) is 0 Å². The summed E-state index contributed by atoms with van der Waals surface area (Å²) in [6.45, 7) is 6.07. The van der Waals surface area contributed by atoms with Gasteiger partial charge in [-0.05, 0) is 25.3 Å². The molecule has 2 fully saturated rings. The van der Waals surface area contributed by atoms with Gasteiger partial charge in [-0.3, -0.25) is 9.59 Å². The van der Waals surface area contributed by atoms with Crippen LogP contribution in [0.2, 0.25) is 0 Å². The van der Waals surface area contributed by atoms with E-state index in [9.17, 15) is 9.59 Å². The Kier molecular flexibility index (Phi) is 4.01. The van der Waals surface area contributed by atoms with Crippen LogP contribution in [0, 0.1) is 6.92 Å². The highest BCUT2D eigenvalue weighted by atomic mass is 16.5. The van der Waals surface area contributed by atoms with E-state index in [1.165, 1.54) is 0 Å². The fraction of sp³-hybridized carbons (Fsp3) is 0.444. The van der Waals surface area contributed by atoms with Crippen molar-refractivity contribution < 1.29 is 14.3 Å². The second kappa shape index (κ2) is 5.95. The van der Waals surface area contributed by atoms with Gasteiger partial charge in [0.05, 0.1) is 6.54 Å². The molecule has 1 aliphatic heterocycles. The zero-order valence-corrected chi connectivity index (χ0v) is 13.1. The highest BCUT2D eigenvalue weighted by molar-refractivity contribution is 6.22. The molecule has 0 atom stereocenters. The standard InChI is InChI=1S/C18H21NO3/c1-3-19-7-8-22-18(19)17-15(20)10-14(11-16(17)21)13-6-4-5-12(2)9-13/h4-6,9,14H,3,7-8,10-11H2,1-2H3. The zero-order valence-electron chi connectivity index (χ0n) is 13.1. The third-order valence-corrected chi connectivity index (χ3v) is 4.42. The number of hydrogen-bond donors (Lipinski definition) is 0. The Morgan fingerprint density at radius 1 is 1.23 bits per heavy atom. The van der Waals surface area contributed by atoms with Crippen molar-refractivity contribution in [1.29, 1.82) is 0 Å². The van der Waals surface area contributed by atoms with Gasteiger partial charge in [-0.15, -0.1) is 0 Å². The summed E-state index contributed by atoms with van der Waals surface area (Å²) in [4.78, 5) is 27.0. The highest BCUT2D eigenvalue weighted by Gasteiger charge is 2.37. The number of ketones is 2.